The number of methoxy groups -OCH3 is 1. The maximum Gasteiger partial charge on any atom is 0.254 e. The molecule has 2 aliphatic heterocycles. The summed E-state index contributed by atoms with van der Waals surface area (Å²) in [7, 11) is -1.78. The van der Waals surface area contributed by atoms with E-state index in [0.29, 0.717) is 37.4 Å². The maximum atomic E-state index is 13.4. The molecule has 0 saturated heterocycles. The highest BCUT2D eigenvalue weighted by molar-refractivity contribution is 7.88. The summed E-state index contributed by atoms with van der Waals surface area (Å²) in [5.74, 6) is 0.347. The molecular weight excluding hydrogens is 382 g/mol. The molecule has 28 heavy (non-hydrogen) atoms. The van der Waals surface area contributed by atoms with Crippen molar-refractivity contribution in [1.82, 2.24) is 14.1 Å². The number of hydrogen-bond donors (Lipinski definition) is 2. The van der Waals surface area contributed by atoms with Crippen molar-refractivity contribution in [1.29, 1.82) is 0 Å². The first-order chi connectivity index (χ1) is 13.3. The molecule has 0 fully saturated rings. The third-order valence-electron chi connectivity index (χ3n) is 5.42. The Morgan fingerprint density at radius 1 is 1.39 bits per heavy atom. The van der Waals surface area contributed by atoms with Crippen LogP contribution in [-0.2, 0) is 23.0 Å². The van der Waals surface area contributed by atoms with Crippen molar-refractivity contribution >= 4 is 27.4 Å². The highest BCUT2D eigenvalue weighted by atomic mass is 32.2. The van der Waals surface area contributed by atoms with Crippen LogP contribution in [0.1, 0.15) is 34.0 Å². The molecule has 3 N–H and O–H groups in total. The normalized spacial score (nSPS) is 19.4. The van der Waals surface area contributed by atoms with Gasteiger partial charge in [0.15, 0.2) is 0 Å². The number of sulfonamides is 1. The second-order valence-corrected chi connectivity index (χ2v) is 9.08. The standard InChI is InChI=1S/C18H23N5O4S/c1-27-15-5-3-4-11-12(6-8-20-16(11)15)18(24)23-14-10-22(28(2,25)26)9-7-13(14)17(19)21-23/h3-5,12,20H,6-10H2,1-2H3,(H2,19,21). The highest BCUT2D eigenvalue weighted by Gasteiger charge is 2.35. The van der Waals surface area contributed by atoms with Crippen molar-refractivity contribution in [3.8, 4) is 5.75 Å². The first-order valence-electron chi connectivity index (χ1n) is 9.07. The molecule has 0 radical (unpaired) electrons. The second-order valence-electron chi connectivity index (χ2n) is 7.10. The van der Waals surface area contributed by atoms with E-state index >= 15 is 0 Å². The lowest BCUT2D eigenvalue weighted by Gasteiger charge is -2.28. The Labute approximate surface area is 163 Å². The Morgan fingerprint density at radius 3 is 2.89 bits per heavy atom. The highest BCUT2D eigenvalue weighted by Crippen LogP contribution is 2.39. The molecule has 150 valence electrons. The van der Waals surface area contributed by atoms with Gasteiger partial charge in [0.2, 0.25) is 10.0 Å². The van der Waals surface area contributed by atoms with Gasteiger partial charge in [-0.1, -0.05) is 12.1 Å². The fraction of sp³-hybridized carbons (Fsp3) is 0.444. The van der Waals surface area contributed by atoms with Gasteiger partial charge < -0.3 is 15.8 Å². The number of carbonyl (C=O) groups is 1. The van der Waals surface area contributed by atoms with Gasteiger partial charge in [-0.25, -0.2) is 13.1 Å². The zero-order valence-corrected chi connectivity index (χ0v) is 16.6. The van der Waals surface area contributed by atoms with Crippen LogP contribution in [0.5, 0.6) is 5.75 Å². The number of carbonyl (C=O) groups excluding carboxylic acids is 1. The number of nitrogens with two attached hydrogens (primary N) is 1. The third-order valence-corrected chi connectivity index (χ3v) is 6.67. The van der Waals surface area contributed by atoms with Crippen LogP contribution in [0.4, 0.5) is 11.5 Å². The monoisotopic (exact) mass is 405 g/mol. The average Bonchev–Trinajstić information content (AvgIpc) is 3.02. The number of hydrogen-bond acceptors (Lipinski definition) is 7. The van der Waals surface area contributed by atoms with Crippen LogP contribution in [0.3, 0.4) is 0 Å². The van der Waals surface area contributed by atoms with Gasteiger partial charge in [-0.3, -0.25) is 4.79 Å². The molecule has 1 atom stereocenters. The summed E-state index contributed by atoms with van der Waals surface area (Å²) in [4.78, 5) is 13.4. The van der Waals surface area contributed by atoms with E-state index in [2.05, 4.69) is 10.4 Å². The summed E-state index contributed by atoms with van der Waals surface area (Å²) in [6, 6.07) is 5.59. The van der Waals surface area contributed by atoms with Crippen LogP contribution >= 0.6 is 0 Å². The number of anilines is 2. The minimum atomic E-state index is -3.37. The number of benzene rings is 1. The van der Waals surface area contributed by atoms with Gasteiger partial charge in [0.1, 0.15) is 11.6 Å². The molecule has 1 aromatic heterocycles. The number of nitrogens with zero attached hydrogens (tertiary/aromatic N) is 3. The molecule has 3 heterocycles. The molecule has 9 nitrogen and oxygen atoms in total. The number of rotatable bonds is 3. The van der Waals surface area contributed by atoms with Crippen molar-refractivity contribution in [3.05, 3.63) is 35.0 Å². The van der Waals surface area contributed by atoms with E-state index in [1.54, 1.807) is 7.11 Å². The summed E-state index contributed by atoms with van der Waals surface area (Å²) >= 11 is 0. The lowest BCUT2D eigenvalue weighted by atomic mass is 9.89. The van der Waals surface area contributed by atoms with Gasteiger partial charge in [-0.05, 0) is 24.5 Å². The van der Waals surface area contributed by atoms with E-state index in [1.165, 1.54) is 15.2 Å². The van der Waals surface area contributed by atoms with Crippen molar-refractivity contribution in [2.24, 2.45) is 0 Å². The Bertz CT molecular complexity index is 1050. The van der Waals surface area contributed by atoms with Crippen molar-refractivity contribution in [2.75, 3.05) is 37.5 Å². The smallest absolute Gasteiger partial charge is 0.254 e. The number of ether oxygens (including phenoxy) is 1. The molecule has 4 rings (SSSR count). The van der Waals surface area contributed by atoms with Crippen LogP contribution in [0.2, 0.25) is 0 Å². The first-order valence-corrected chi connectivity index (χ1v) is 10.9. The fourth-order valence-electron chi connectivity index (χ4n) is 3.99. The van der Waals surface area contributed by atoms with E-state index in [9.17, 15) is 13.2 Å². The fourth-order valence-corrected chi connectivity index (χ4v) is 4.77. The predicted octanol–water partition coefficient (Wildman–Crippen LogP) is 1.03. The topological polar surface area (TPSA) is 120 Å². The van der Waals surface area contributed by atoms with Crippen molar-refractivity contribution in [2.45, 2.75) is 25.3 Å². The molecule has 2 aliphatic rings. The number of nitrogens with one attached hydrogen (secondary N) is 1. The van der Waals surface area contributed by atoms with E-state index in [-0.39, 0.29) is 18.3 Å². The summed E-state index contributed by atoms with van der Waals surface area (Å²) < 4.78 is 32.0. The van der Waals surface area contributed by atoms with Gasteiger partial charge >= 0.3 is 0 Å². The Hall–Kier alpha value is -2.59. The number of aromatic nitrogens is 2. The lowest BCUT2D eigenvalue weighted by Crippen LogP contribution is -2.37. The van der Waals surface area contributed by atoms with Crippen LogP contribution in [0.15, 0.2) is 18.2 Å². The van der Waals surface area contributed by atoms with E-state index in [0.717, 1.165) is 16.8 Å². The van der Waals surface area contributed by atoms with E-state index in [1.807, 2.05) is 18.2 Å². The molecule has 1 aromatic carbocycles. The minimum Gasteiger partial charge on any atom is -0.495 e. The van der Waals surface area contributed by atoms with Crippen LogP contribution in [0.25, 0.3) is 0 Å². The van der Waals surface area contributed by atoms with Crippen molar-refractivity contribution in [3.63, 3.8) is 0 Å². The molecule has 1 unspecified atom stereocenters. The lowest BCUT2D eigenvalue weighted by molar-refractivity contribution is 0.0850. The number of nitrogen functional groups attached to an aromatic ring is 1. The van der Waals surface area contributed by atoms with Gasteiger partial charge in [0, 0.05) is 18.7 Å². The van der Waals surface area contributed by atoms with Crippen LogP contribution < -0.4 is 15.8 Å². The van der Waals surface area contributed by atoms with E-state index < -0.39 is 15.9 Å². The zero-order valence-electron chi connectivity index (χ0n) is 15.8. The van der Waals surface area contributed by atoms with Crippen LogP contribution in [-0.4, -0.2) is 54.9 Å². The third kappa shape index (κ3) is 3.02. The van der Waals surface area contributed by atoms with Gasteiger partial charge in [-0.2, -0.15) is 4.31 Å². The zero-order chi connectivity index (χ0) is 20.1. The van der Waals surface area contributed by atoms with Gasteiger partial charge in [0.25, 0.3) is 5.91 Å². The Morgan fingerprint density at radius 2 is 2.18 bits per heavy atom. The average molecular weight is 405 g/mol. The molecule has 0 saturated carbocycles. The second kappa shape index (κ2) is 6.78. The summed E-state index contributed by atoms with van der Waals surface area (Å²) in [6.45, 7) is 1.06. The van der Waals surface area contributed by atoms with Crippen LogP contribution in [0, 0.1) is 0 Å². The van der Waals surface area contributed by atoms with Crippen molar-refractivity contribution < 1.29 is 17.9 Å². The van der Waals surface area contributed by atoms with E-state index in [4.69, 9.17) is 10.5 Å². The summed E-state index contributed by atoms with van der Waals surface area (Å²) in [6.07, 6.45) is 2.21. The molecule has 0 aliphatic carbocycles. The Kier molecular flexibility index (Phi) is 4.54. The van der Waals surface area contributed by atoms with Gasteiger partial charge in [0.05, 0.1) is 37.2 Å². The molecule has 0 spiro atoms. The largest absolute Gasteiger partial charge is 0.495 e. The quantitative estimate of drug-likeness (QED) is 0.783. The summed E-state index contributed by atoms with van der Waals surface area (Å²) in [5.41, 5.74) is 9.00. The molecule has 0 amide bonds. The molecular formula is C18H23N5O4S. The minimum absolute atomic E-state index is 0.0973. The summed E-state index contributed by atoms with van der Waals surface area (Å²) in [5, 5.41) is 7.56. The first kappa shape index (κ1) is 18.8. The SMILES string of the molecule is COc1cccc2c1NCCC2C(=O)n1nc(N)c2c1CN(S(C)(=O)=O)CC2. The molecule has 0 bridgehead atoms. The maximum absolute atomic E-state index is 13.4. The number of fused-ring (bicyclic) bond motifs is 2. The Balaban J connectivity index is 1.74. The predicted molar refractivity (Wildman–Crippen MR) is 105 cm³/mol. The number of para-hydroxylation sites is 1. The van der Waals surface area contributed by atoms with Gasteiger partial charge in [-0.15, -0.1) is 5.10 Å². The molecule has 2 aromatic rings. The molecule has 10 heteroatoms.